The van der Waals surface area contributed by atoms with Crippen LogP contribution in [0.25, 0.3) is 11.0 Å². The number of ether oxygens (including phenoxy) is 1. The third kappa shape index (κ3) is 4.75. The molecule has 1 atom stereocenters. The van der Waals surface area contributed by atoms with Crippen LogP contribution in [0.3, 0.4) is 0 Å². The van der Waals surface area contributed by atoms with Crippen molar-refractivity contribution in [1.82, 2.24) is 4.90 Å². The predicted octanol–water partition coefficient (Wildman–Crippen LogP) is 4.17. The summed E-state index contributed by atoms with van der Waals surface area (Å²) in [5, 5.41) is 3.36. The molecule has 1 aliphatic rings. The van der Waals surface area contributed by atoms with Gasteiger partial charge in [0.25, 0.3) is 5.91 Å². The first-order valence-corrected chi connectivity index (χ1v) is 11.2. The van der Waals surface area contributed by atoms with Crippen LogP contribution >= 0.6 is 0 Å². The number of carbonyl (C=O) groups excluding carboxylic acids is 1. The van der Waals surface area contributed by atoms with Gasteiger partial charge >= 0.3 is 0 Å². The minimum atomic E-state index is -0.719. The van der Waals surface area contributed by atoms with Gasteiger partial charge in [-0.2, -0.15) is 0 Å². The maximum Gasteiger partial charge on any atom is 0.253 e. The van der Waals surface area contributed by atoms with Gasteiger partial charge in [-0.3, -0.25) is 9.59 Å². The molecule has 1 aliphatic heterocycles. The summed E-state index contributed by atoms with van der Waals surface area (Å²) >= 11 is 0. The number of fused-ring (bicyclic) bond motifs is 1. The zero-order valence-corrected chi connectivity index (χ0v) is 19.4. The molecule has 180 valence electrons. The fourth-order valence-electron chi connectivity index (χ4n) is 4.11. The summed E-state index contributed by atoms with van der Waals surface area (Å²) in [5.74, 6) is -1.28. The van der Waals surface area contributed by atoms with Gasteiger partial charge in [0, 0.05) is 44.5 Å². The van der Waals surface area contributed by atoms with Crippen molar-refractivity contribution in [3.63, 3.8) is 0 Å². The van der Waals surface area contributed by atoms with Gasteiger partial charge in [0.2, 0.25) is 5.88 Å². The van der Waals surface area contributed by atoms with Crippen molar-refractivity contribution in [1.29, 1.82) is 0 Å². The lowest BCUT2D eigenvalue weighted by Gasteiger charge is -2.31. The van der Waals surface area contributed by atoms with Crippen LogP contribution in [0.15, 0.2) is 45.6 Å². The number of hydrogen-bond donors (Lipinski definition) is 1. The number of nitrogens with one attached hydrogen (secondary N) is 1. The number of carbonyl (C=O) groups is 1. The number of hydrogen-bond acceptors (Lipinski definition) is 6. The van der Waals surface area contributed by atoms with E-state index in [4.69, 9.17) is 9.15 Å². The highest BCUT2D eigenvalue weighted by atomic mass is 19.1. The SMILES string of the molecule is CCC(Nc1cc(F)cc(F)c1)c1c(N2CCOCC2)oc2ccc(C(=O)N(C)C)cc2c1=O. The lowest BCUT2D eigenvalue weighted by molar-refractivity contribution is 0.0827. The Morgan fingerprint density at radius 1 is 1.12 bits per heavy atom. The molecule has 1 aromatic heterocycles. The summed E-state index contributed by atoms with van der Waals surface area (Å²) < 4.78 is 39.3. The average molecular weight is 472 g/mol. The Morgan fingerprint density at radius 3 is 2.41 bits per heavy atom. The summed E-state index contributed by atoms with van der Waals surface area (Å²) in [6, 6.07) is 7.34. The van der Waals surface area contributed by atoms with Crippen molar-refractivity contribution in [3.05, 3.63) is 69.4 Å². The number of halogens is 2. The van der Waals surface area contributed by atoms with E-state index in [0.717, 1.165) is 6.07 Å². The van der Waals surface area contributed by atoms with Gasteiger partial charge in [0.15, 0.2) is 5.43 Å². The second kappa shape index (κ2) is 9.80. The molecular formula is C25H27F2N3O4. The Morgan fingerprint density at radius 2 is 1.79 bits per heavy atom. The normalized spacial score (nSPS) is 14.8. The maximum absolute atomic E-state index is 13.8. The average Bonchev–Trinajstić information content (AvgIpc) is 2.82. The number of nitrogens with zero attached hydrogens (tertiary/aromatic N) is 2. The standard InChI is InChI=1S/C25H27F2N3O4/c1-4-20(28-18-13-16(26)12-17(27)14-18)22-23(31)19-11-15(24(32)29(2)3)5-6-21(19)34-25(22)30-7-9-33-10-8-30/h5-6,11-14,20,28H,4,7-10H2,1-3H3. The van der Waals surface area contributed by atoms with E-state index >= 15 is 0 Å². The van der Waals surface area contributed by atoms with E-state index in [-0.39, 0.29) is 22.4 Å². The monoisotopic (exact) mass is 471 g/mol. The fourth-order valence-corrected chi connectivity index (χ4v) is 4.11. The van der Waals surface area contributed by atoms with Crippen molar-refractivity contribution in [2.45, 2.75) is 19.4 Å². The molecule has 1 fully saturated rings. The molecule has 9 heteroatoms. The third-order valence-electron chi connectivity index (χ3n) is 5.82. The van der Waals surface area contributed by atoms with Crippen LogP contribution in [0.4, 0.5) is 20.4 Å². The van der Waals surface area contributed by atoms with Gasteiger partial charge in [0.1, 0.15) is 17.2 Å². The Bertz CT molecular complexity index is 1250. The number of amides is 1. The minimum absolute atomic E-state index is 0.216. The van der Waals surface area contributed by atoms with Gasteiger partial charge in [-0.25, -0.2) is 8.78 Å². The summed E-state index contributed by atoms with van der Waals surface area (Å²) in [4.78, 5) is 29.7. The van der Waals surface area contributed by atoms with E-state index in [1.807, 2.05) is 11.8 Å². The molecule has 0 radical (unpaired) electrons. The van der Waals surface area contributed by atoms with Gasteiger partial charge < -0.3 is 24.3 Å². The highest BCUT2D eigenvalue weighted by Gasteiger charge is 2.27. The van der Waals surface area contributed by atoms with Crippen LogP contribution in [-0.4, -0.2) is 51.2 Å². The molecule has 4 rings (SSSR count). The number of rotatable bonds is 6. The maximum atomic E-state index is 13.8. The molecule has 0 spiro atoms. The van der Waals surface area contributed by atoms with Gasteiger partial charge in [0.05, 0.1) is 30.2 Å². The van der Waals surface area contributed by atoms with E-state index in [1.54, 1.807) is 26.2 Å². The second-order valence-electron chi connectivity index (χ2n) is 8.42. The number of benzene rings is 2. The first-order valence-electron chi connectivity index (χ1n) is 11.2. The molecule has 2 aromatic carbocycles. The first kappa shape index (κ1) is 23.7. The predicted molar refractivity (Wildman–Crippen MR) is 127 cm³/mol. The van der Waals surface area contributed by atoms with Crippen molar-refractivity contribution < 1.29 is 22.7 Å². The summed E-state index contributed by atoms with van der Waals surface area (Å²) in [5.41, 5.74) is 0.983. The van der Waals surface area contributed by atoms with Crippen LogP contribution in [0.2, 0.25) is 0 Å². The molecule has 0 saturated carbocycles. The van der Waals surface area contributed by atoms with Crippen LogP contribution in [0.5, 0.6) is 0 Å². The van der Waals surface area contributed by atoms with E-state index in [0.29, 0.717) is 55.3 Å². The molecule has 1 unspecified atom stereocenters. The van der Waals surface area contributed by atoms with Crippen molar-refractivity contribution in [2.75, 3.05) is 50.6 Å². The molecule has 7 nitrogen and oxygen atoms in total. The molecular weight excluding hydrogens is 444 g/mol. The van der Waals surface area contributed by atoms with E-state index in [2.05, 4.69) is 5.32 Å². The first-order chi connectivity index (χ1) is 16.3. The number of anilines is 2. The molecule has 1 N–H and O–H groups in total. The Kier molecular flexibility index (Phi) is 6.83. The molecule has 1 amide bonds. The van der Waals surface area contributed by atoms with Crippen LogP contribution in [0, 0.1) is 11.6 Å². The van der Waals surface area contributed by atoms with Gasteiger partial charge in [-0.05, 0) is 36.8 Å². The zero-order valence-electron chi connectivity index (χ0n) is 19.4. The zero-order chi connectivity index (χ0) is 24.4. The Balaban J connectivity index is 1.88. The van der Waals surface area contributed by atoms with Crippen LogP contribution in [0.1, 0.15) is 35.3 Å². The highest BCUT2D eigenvalue weighted by Crippen LogP contribution is 2.33. The molecule has 3 aromatic rings. The lowest BCUT2D eigenvalue weighted by atomic mass is 10.0. The van der Waals surface area contributed by atoms with E-state index in [9.17, 15) is 18.4 Å². The lowest BCUT2D eigenvalue weighted by Crippen LogP contribution is -2.38. The minimum Gasteiger partial charge on any atom is -0.440 e. The van der Waals surface area contributed by atoms with Crippen molar-refractivity contribution >= 4 is 28.4 Å². The quantitative estimate of drug-likeness (QED) is 0.582. The largest absolute Gasteiger partial charge is 0.440 e. The smallest absolute Gasteiger partial charge is 0.253 e. The second-order valence-corrected chi connectivity index (χ2v) is 8.42. The summed E-state index contributed by atoms with van der Waals surface area (Å²) in [7, 11) is 3.27. The topological polar surface area (TPSA) is 75.0 Å². The molecule has 34 heavy (non-hydrogen) atoms. The molecule has 2 heterocycles. The van der Waals surface area contributed by atoms with Crippen LogP contribution in [-0.2, 0) is 4.74 Å². The van der Waals surface area contributed by atoms with Gasteiger partial charge in [-0.15, -0.1) is 0 Å². The third-order valence-corrected chi connectivity index (χ3v) is 5.82. The van der Waals surface area contributed by atoms with Crippen LogP contribution < -0.4 is 15.6 Å². The fraction of sp³-hybridized carbons (Fsp3) is 0.360. The van der Waals surface area contributed by atoms with Gasteiger partial charge in [-0.1, -0.05) is 6.92 Å². The molecule has 1 saturated heterocycles. The molecule has 0 bridgehead atoms. The Hall–Kier alpha value is -3.46. The van der Waals surface area contributed by atoms with E-state index in [1.165, 1.54) is 23.1 Å². The number of morpholine rings is 1. The van der Waals surface area contributed by atoms with E-state index < -0.39 is 17.7 Å². The highest BCUT2D eigenvalue weighted by molar-refractivity contribution is 5.97. The molecule has 0 aliphatic carbocycles. The van der Waals surface area contributed by atoms with Crippen molar-refractivity contribution in [2.24, 2.45) is 0 Å². The Labute approximate surface area is 195 Å². The van der Waals surface area contributed by atoms with Crippen molar-refractivity contribution in [3.8, 4) is 0 Å². The summed E-state index contributed by atoms with van der Waals surface area (Å²) in [6.45, 7) is 3.90. The summed E-state index contributed by atoms with van der Waals surface area (Å²) in [6.07, 6.45) is 0.446.